The Hall–Kier alpha value is -2.01. The van der Waals surface area contributed by atoms with Crippen LogP contribution in [0.2, 0.25) is 0 Å². The third kappa shape index (κ3) is 5.48. The molecule has 4 aliphatic carbocycles. The molecule has 1 aliphatic heterocycles. The number of nitrogens with one attached hydrogen (secondary N) is 1. The van der Waals surface area contributed by atoms with E-state index < -0.39 is 41.0 Å². The van der Waals surface area contributed by atoms with Crippen LogP contribution in [0.5, 0.6) is 0 Å². The lowest BCUT2D eigenvalue weighted by Crippen LogP contribution is -2.70. The normalized spacial score (nSPS) is 43.8. The summed E-state index contributed by atoms with van der Waals surface area (Å²) < 4.78 is 19.1. The Balaban J connectivity index is 1.50. The van der Waals surface area contributed by atoms with Crippen LogP contribution in [0.1, 0.15) is 93.9 Å². The molecule has 0 radical (unpaired) electrons. The van der Waals surface area contributed by atoms with Crippen LogP contribution in [-0.2, 0) is 28.6 Å². The number of carboxylic acids is 1. The molecule has 47 heavy (non-hydrogen) atoms. The standard InChI is InChI=1S/C37H61N3O7/c1-21(2)22(3)33(5)13-14-35(7)24-9-10-28-34(6)19-45-20-37(28,25(24)11-12-36(35,8)29(33)32(43)44)17-27(47-23(4)41)30(34)46-16-15-40-31(42)26(39)18-38/h11,21-22,24,26-30H,9-10,12-20,38-39H2,1-8H3,(H,40,42)(H,43,44)/t22-,24+,26?,27-,28+,29-,30+,33-,34?,35-,36+,37+/m1/s1. The third-order valence-corrected chi connectivity index (χ3v) is 14.7. The maximum Gasteiger partial charge on any atom is 0.307 e. The summed E-state index contributed by atoms with van der Waals surface area (Å²) in [6, 6.07) is -0.770. The molecule has 4 fully saturated rings. The summed E-state index contributed by atoms with van der Waals surface area (Å²) in [5, 5.41) is 13.7. The van der Waals surface area contributed by atoms with E-state index in [0.717, 1.165) is 25.7 Å². The van der Waals surface area contributed by atoms with Gasteiger partial charge in [0.2, 0.25) is 5.91 Å². The fourth-order valence-corrected chi connectivity index (χ4v) is 11.8. The lowest BCUT2D eigenvalue weighted by atomic mass is 9.34. The second-order valence-corrected chi connectivity index (χ2v) is 17.1. The van der Waals surface area contributed by atoms with E-state index in [1.807, 2.05) is 0 Å². The number of ether oxygens (including phenoxy) is 3. The van der Waals surface area contributed by atoms with E-state index in [-0.39, 0.29) is 65.6 Å². The fourth-order valence-electron chi connectivity index (χ4n) is 11.8. The Labute approximate surface area is 281 Å². The van der Waals surface area contributed by atoms with Crippen molar-refractivity contribution in [2.24, 2.45) is 68.1 Å². The number of fused-ring (bicyclic) bond motifs is 3. The lowest BCUT2D eigenvalue weighted by molar-refractivity contribution is -0.266. The van der Waals surface area contributed by atoms with Crippen molar-refractivity contribution in [1.82, 2.24) is 5.32 Å². The van der Waals surface area contributed by atoms with Gasteiger partial charge in [-0.2, -0.15) is 0 Å². The molecule has 2 bridgehead atoms. The molecule has 1 amide bonds. The van der Waals surface area contributed by atoms with Gasteiger partial charge in [-0.3, -0.25) is 14.4 Å². The molecule has 1 heterocycles. The van der Waals surface area contributed by atoms with Crippen molar-refractivity contribution < 1.29 is 33.7 Å². The minimum Gasteiger partial charge on any atom is -0.481 e. The number of carbonyl (C=O) groups is 3. The lowest BCUT2D eigenvalue weighted by Gasteiger charge is -2.71. The third-order valence-electron chi connectivity index (χ3n) is 14.7. The second kappa shape index (κ2) is 12.7. The summed E-state index contributed by atoms with van der Waals surface area (Å²) >= 11 is 0. The van der Waals surface area contributed by atoms with Crippen molar-refractivity contribution in [2.75, 3.05) is 32.9 Å². The molecule has 5 rings (SSSR count). The van der Waals surface area contributed by atoms with E-state index >= 15 is 0 Å². The van der Waals surface area contributed by atoms with Crippen LogP contribution >= 0.6 is 0 Å². The predicted molar refractivity (Wildman–Crippen MR) is 179 cm³/mol. The summed E-state index contributed by atoms with van der Waals surface area (Å²) in [7, 11) is 0. The van der Waals surface area contributed by atoms with E-state index in [1.165, 1.54) is 12.5 Å². The molecule has 1 saturated heterocycles. The number of aliphatic carboxylic acids is 1. The molecule has 5 aliphatic rings. The highest BCUT2D eigenvalue weighted by Gasteiger charge is 2.72. The molecule has 0 aromatic heterocycles. The first-order valence-corrected chi connectivity index (χ1v) is 18.0. The van der Waals surface area contributed by atoms with Crippen LogP contribution in [0.4, 0.5) is 0 Å². The smallest absolute Gasteiger partial charge is 0.307 e. The number of carboxylic acid groups (broad SMARTS) is 1. The predicted octanol–water partition coefficient (Wildman–Crippen LogP) is 4.29. The van der Waals surface area contributed by atoms with Crippen molar-refractivity contribution in [1.29, 1.82) is 0 Å². The van der Waals surface area contributed by atoms with E-state index in [9.17, 15) is 19.5 Å². The number of amides is 1. The average Bonchev–Trinajstić information content (AvgIpc) is 2.99. The first-order valence-electron chi connectivity index (χ1n) is 18.0. The number of hydrogen-bond donors (Lipinski definition) is 4. The monoisotopic (exact) mass is 659 g/mol. The summed E-state index contributed by atoms with van der Waals surface area (Å²) in [5.41, 5.74) is 11.0. The minimum absolute atomic E-state index is 0.0609. The number of esters is 1. The highest BCUT2D eigenvalue weighted by atomic mass is 16.6. The van der Waals surface area contributed by atoms with Crippen molar-refractivity contribution in [3.8, 4) is 0 Å². The van der Waals surface area contributed by atoms with Gasteiger partial charge in [0.1, 0.15) is 12.2 Å². The number of rotatable bonds is 10. The molecule has 266 valence electrons. The van der Waals surface area contributed by atoms with Crippen LogP contribution in [0, 0.1) is 56.7 Å². The van der Waals surface area contributed by atoms with E-state index in [0.29, 0.717) is 32.0 Å². The first-order chi connectivity index (χ1) is 21.9. The van der Waals surface area contributed by atoms with Gasteiger partial charge in [-0.15, -0.1) is 0 Å². The molecular formula is C37H61N3O7. The number of carbonyl (C=O) groups excluding carboxylic acids is 2. The topological polar surface area (TPSA) is 163 Å². The molecular weight excluding hydrogens is 598 g/mol. The zero-order valence-corrected chi connectivity index (χ0v) is 30.0. The van der Waals surface area contributed by atoms with Gasteiger partial charge in [0.25, 0.3) is 0 Å². The van der Waals surface area contributed by atoms with Gasteiger partial charge in [-0.05, 0) is 78.4 Å². The van der Waals surface area contributed by atoms with Gasteiger partial charge >= 0.3 is 11.9 Å². The summed E-state index contributed by atoms with van der Waals surface area (Å²) in [5.74, 6) is -0.637. The molecule has 0 spiro atoms. The van der Waals surface area contributed by atoms with E-state index in [2.05, 4.69) is 59.9 Å². The van der Waals surface area contributed by atoms with Crippen molar-refractivity contribution >= 4 is 17.8 Å². The SMILES string of the molecule is CC(=O)O[C@@H]1C[C@@]23COCC(C)([C@H]1OCCNC(=O)C(N)CN)[C@@H]2CC[C@H]1C3=CC[C@@]2(C)[C@H](C(=O)O)[C@@](C)([C@H](C)C(C)C)CC[C@]12C. The summed E-state index contributed by atoms with van der Waals surface area (Å²) in [6.07, 6.45) is 6.66. The van der Waals surface area contributed by atoms with Gasteiger partial charge in [-0.1, -0.05) is 60.1 Å². The Morgan fingerprint density at radius 3 is 2.40 bits per heavy atom. The molecule has 6 N–H and O–H groups in total. The first kappa shape index (κ1) is 36.3. The Bertz CT molecular complexity index is 1270. The fraction of sp³-hybridized carbons (Fsp3) is 0.865. The van der Waals surface area contributed by atoms with E-state index in [4.69, 9.17) is 25.7 Å². The quantitative estimate of drug-likeness (QED) is 0.152. The van der Waals surface area contributed by atoms with Gasteiger partial charge in [0.05, 0.1) is 31.8 Å². The van der Waals surface area contributed by atoms with E-state index in [1.54, 1.807) is 0 Å². The molecule has 10 nitrogen and oxygen atoms in total. The van der Waals surface area contributed by atoms with Crippen molar-refractivity contribution in [3.63, 3.8) is 0 Å². The van der Waals surface area contributed by atoms with Crippen LogP contribution < -0.4 is 16.8 Å². The van der Waals surface area contributed by atoms with Crippen LogP contribution in [-0.4, -0.2) is 74.1 Å². The number of allylic oxidation sites excluding steroid dienone is 1. The molecule has 12 atom stereocenters. The number of nitrogens with two attached hydrogens (primary N) is 2. The highest BCUT2D eigenvalue weighted by molar-refractivity contribution is 5.81. The van der Waals surface area contributed by atoms with Gasteiger partial charge in [-0.25, -0.2) is 0 Å². The average molecular weight is 660 g/mol. The highest BCUT2D eigenvalue weighted by Crippen LogP contribution is 2.75. The Kier molecular flexibility index (Phi) is 9.81. The van der Waals surface area contributed by atoms with Gasteiger partial charge < -0.3 is 36.1 Å². The molecule has 3 saturated carbocycles. The van der Waals surface area contributed by atoms with Gasteiger partial charge in [0, 0.05) is 30.8 Å². The molecule has 10 heteroatoms. The van der Waals surface area contributed by atoms with Crippen LogP contribution in [0.25, 0.3) is 0 Å². The zero-order valence-electron chi connectivity index (χ0n) is 30.0. The van der Waals surface area contributed by atoms with Crippen LogP contribution in [0.15, 0.2) is 11.6 Å². The Morgan fingerprint density at radius 2 is 1.79 bits per heavy atom. The number of hydrogen-bond acceptors (Lipinski definition) is 8. The second-order valence-electron chi connectivity index (χ2n) is 17.1. The van der Waals surface area contributed by atoms with Gasteiger partial charge in [0.15, 0.2) is 0 Å². The molecule has 0 aromatic carbocycles. The maximum atomic E-state index is 13.3. The minimum atomic E-state index is -0.770. The zero-order chi connectivity index (χ0) is 34.7. The Morgan fingerprint density at radius 1 is 1.09 bits per heavy atom. The largest absolute Gasteiger partial charge is 0.481 e. The maximum absolute atomic E-state index is 13.3. The van der Waals surface area contributed by atoms with Crippen molar-refractivity contribution in [2.45, 2.75) is 112 Å². The summed E-state index contributed by atoms with van der Waals surface area (Å²) in [4.78, 5) is 38.1. The van der Waals surface area contributed by atoms with Crippen molar-refractivity contribution in [3.05, 3.63) is 11.6 Å². The molecule has 2 unspecified atom stereocenters. The molecule has 0 aromatic rings. The van der Waals surface area contributed by atoms with Crippen LogP contribution in [0.3, 0.4) is 0 Å². The summed E-state index contributed by atoms with van der Waals surface area (Å²) in [6.45, 7) is 18.9.